The summed E-state index contributed by atoms with van der Waals surface area (Å²) in [4.78, 5) is 27.3. The van der Waals surface area contributed by atoms with Crippen molar-refractivity contribution in [3.05, 3.63) is 89.2 Å². The van der Waals surface area contributed by atoms with E-state index < -0.39 is 6.03 Å². The molecule has 0 saturated heterocycles. The van der Waals surface area contributed by atoms with Gasteiger partial charge in [0.2, 0.25) is 0 Å². The molecule has 0 bridgehead atoms. The molecule has 0 aliphatic rings. The number of carbonyl (C=O) groups is 2. The van der Waals surface area contributed by atoms with Crippen LogP contribution in [0.1, 0.15) is 33.9 Å². The molecule has 0 aliphatic heterocycles. The molecule has 0 saturated carbocycles. The predicted molar refractivity (Wildman–Crippen MR) is 134 cm³/mol. The molecular weight excluding hydrogens is 433 g/mol. The number of hydrogen-bond acceptors (Lipinski definition) is 4. The molecule has 0 aliphatic carbocycles. The van der Waals surface area contributed by atoms with E-state index in [1.54, 1.807) is 49.4 Å². The third-order valence-electron chi connectivity index (χ3n) is 5.37. The van der Waals surface area contributed by atoms with Crippen molar-refractivity contribution in [3.63, 3.8) is 0 Å². The van der Waals surface area contributed by atoms with Gasteiger partial charge in [0.25, 0.3) is 5.91 Å². The summed E-state index contributed by atoms with van der Waals surface area (Å²) in [5.41, 5.74) is 9.24. The highest BCUT2D eigenvalue weighted by Crippen LogP contribution is 2.21. The lowest BCUT2D eigenvalue weighted by atomic mass is 10.0. The lowest BCUT2D eigenvalue weighted by Crippen LogP contribution is -2.34. The zero-order valence-electron chi connectivity index (χ0n) is 19.6. The maximum absolute atomic E-state index is 13.5. The normalized spacial score (nSPS) is 11.7. The van der Waals surface area contributed by atoms with E-state index in [9.17, 15) is 14.0 Å². The minimum absolute atomic E-state index is 0.272. The number of carbonyl (C=O) groups excluding carboxylic acids is 2. The molecule has 0 fully saturated rings. The van der Waals surface area contributed by atoms with Crippen LogP contribution in [-0.2, 0) is 0 Å². The first kappa shape index (κ1) is 24.7. The van der Waals surface area contributed by atoms with Crippen LogP contribution >= 0.6 is 0 Å². The molecule has 3 rings (SSSR count). The number of nitrogen functional groups attached to an aromatic ring is 1. The Balaban J connectivity index is 1.70. The zero-order chi connectivity index (χ0) is 24.7. The molecule has 8 heteroatoms. The fourth-order valence-corrected chi connectivity index (χ4v) is 3.43. The van der Waals surface area contributed by atoms with Gasteiger partial charge in [-0.3, -0.25) is 4.79 Å². The lowest BCUT2D eigenvalue weighted by Gasteiger charge is -2.22. The Morgan fingerprint density at radius 2 is 1.71 bits per heavy atom. The average Bonchev–Trinajstić information content (AvgIpc) is 2.80. The Morgan fingerprint density at radius 1 is 1.00 bits per heavy atom. The first-order valence-corrected chi connectivity index (χ1v) is 11.0. The van der Waals surface area contributed by atoms with Gasteiger partial charge in [-0.2, -0.15) is 0 Å². The summed E-state index contributed by atoms with van der Waals surface area (Å²) < 4.78 is 13.5. The van der Waals surface area contributed by atoms with Gasteiger partial charge in [0.15, 0.2) is 0 Å². The van der Waals surface area contributed by atoms with Crippen LogP contribution in [0.5, 0.6) is 0 Å². The highest BCUT2D eigenvalue weighted by atomic mass is 19.1. The molecule has 1 unspecified atom stereocenters. The van der Waals surface area contributed by atoms with Gasteiger partial charge in [0, 0.05) is 11.3 Å². The van der Waals surface area contributed by atoms with Crippen molar-refractivity contribution in [2.75, 3.05) is 37.0 Å². The summed E-state index contributed by atoms with van der Waals surface area (Å²) >= 11 is 0. The second-order valence-electron chi connectivity index (χ2n) is 8.37. The SMILES string of the molecule is Cc1cc(NC(=O)NC(CCN(C)C)c2ccc(C(=O)Nc3ccccc3N)cc2)ccc1F. The Bertz CT molecular complexity index is 1150. The van der Waals surface area contributed by atoms with E-state index in [2.05, 4.69) is 16.0 Å². The molecule has 34 heavy (non-hydrogen) atoms. The van der Waals surface area contributed by atoms with Crippen LogP contribution in [0.4, 0.5) is 26.2 Å². The number of halogens is 1. The van der Waals surface area contributed by atoms with E-state index in [1.165, 1.54) is 12.1 Å². The first-order chi connectivity index (χ1) is 16.2. The van der Waals surface area contributed by atoms with Crippen molar-refractivity contribution >= 4 is 29.0 Å². The van der Waals surface area contributed by atoms with E-state index in [0.29, 0.717) is 34.6 Å². The number of aryl methyl sites for hydroxylation is 1. The molecule has 1 atom stereocenters. The smallest absolute Gasteiger partial charge is 0.319 e. The molecule has 0 spiro atoms. The van der Waals surface area contributed by atoms with Gasteiger partial charge in [0.05, 0.1) is 17.4 Å². The number of nitrogens with two attached hydrogens (primary N) is 1. The standard InChI is InChI=1S/C26H30FN5O2/c1-17-16-20(12-13-21(17)27)29-26(34)31-23(14-15-32(2)3)18-8-10-19(11-9-18)25(33)30-24-7-5-4-6-22(24)28/h4-13,16,23H,14-15,28H2,1-3H3,(H,30,33)(H2,29,31,34). The van der Waals surface area contributed by atoms with Crippen molar-refractivity contribution in [1.29, 1.82) is 0 Å². The Kier molecular flexibility index (Phi) is 8.21. The van der Waals surface area contributed by atoms with E-state index in [4.69, 9.17) is 5.73 Å². The maximum atomic E-state index is 13.5. The summed E-state index contributed by atoms with van der Waals surface area (Å²) in [6, 6.07) is 17.9. The van der Waals surface area contributed by atoms with Crippen molar-refractivity contribution in [2.45, 2.75) is 19.4 Å². The molecule has 0 aromatic heterocycles. The van der Waals surface area contributed by atoms with Gasteiger partial charge in [-0.15, -0.1) is 0 Å². The number of hydrogen-bond donors (Lipinski definition) is 4. The Labute approximate surface area is 199 Å². The number of anilines is 3. The number of benzene rings is 3. The number of rotatable bonds is 8. The first-order valence-electron chi connectivity index (χ1n) is 11.0. The summed E-state index contributed by atoms with van der Waals surface area (Å²) in [7, 11) is 3.92. The minimum Gasteiger partial charge on any atom is -0.397 e. The quantitative estimate of drug-likeness (QED) is 0.361. The van der Waals surface area contributed by atoms with Crippen LogP contribution in [0, 0.1) is 12.7 Å². The molecule has 0 radical (unpaired) electrons. The topological polar surface area (TPSA) is 99.5 Å². The van der Waals surface area contributed by atoms with Gasteiger partial charge < -0.3 is 26.6 Å². The number of nitrogens with zero attached hydrogens (tertiary/aromatic N) is 1. The van der Waals surface area contributed by atoms with Gasteiger partial charge in [-0.05, 0) is 87.6 Å². The van der Waals surface area contributed by atoms with Crippen molar-refractivity contribution < 1.29 is 14.0 Å². The Morgan fingerprint density at radius 3 is 2.35 bits per heavy atom. The van der Waals surface area contributed by atoms with E-state index >= 15 is 0 Å². The van der Waals surface area contributed by atoms with Gasteiger partial charge >= 0.3 is 6.03 Å². The molecule has 5 N–H and O–H groups in total. The van der Waals surface area contributed by atoms with Crippen LogP contribution in [0.25, 0.3) is 0 Å². The maximum Gasteiger partial charge on any atom is 0.319 e. The van der Waals surface area contributed by atoms with Crippen molar-refractivity contribution in [3.8, 4) is 0 Å². The van der Waals surface area contributed by atoms with Crippen LogP contribution in [-0.4, -0.2) is 37.5 Å². The third kappa shape index (κ3) is 6.79. The van der Waals surface area contributed by atoms with E-state index in [1.807, 2.05) is 31.1 Å². The third-order valence-corrected chi connectivity index (χ3v) is 5.37. The van der Waals surface area contributed by atoms with Crippen LogP contribution < -0.4 is 21.7 Å². The summed E-state index contributed by atoms with van der Waals surface area (Å²) in [5.74, 6) is -0.597. The average molecular weight is 464 g/mol. The van der Waals surface area contributed by atoms with E-state index in [-0.39, 0.29) is 17.8 Å². The fraction of sp³-hybridized carbons (Fsp3) is 0.231. The van der Waals surface area contributed by atoms with Crippen LogP contribution in [0.2, 0.25) is 0 Å². The fourth-order valence-electron chi connectivity index (χ4n) is 3.43. The Hall–Kier alpha value is -3.91. The van der Waals surface area contributed by atoms with Gasteiger partial charge in [-0.25, -0.2) is 9.18 Å². The van der Waals surface area contributed by atoms with Crippen molar-refractivity contribution in [1.82, 2.24) is 10.2 Å². The van der Waals surface area contributed by atoms with E-state index in [0.717, 1.165) is 12.1 Å². The number of amides is 3. The zero-order valence-corrected chi connectivity index (χ0v) is 19.6. The predicted octanol–water partition coefficient (Wildman–Crippen LogP) is 4.78. The molecule has 0 heterocycles. The molecule has 178 valence electrons. The second-order valence-corrected chi connectivity index (χ2v) is 8.37. The molecule has 3 aromatic carbocycles. The number of nitrogens with one attached hydrogen (secondary N) is 3. The van der Waals surface area contributed by atoms with Crippen LogP contribution in [0.15, 0.2) is 66.7 Å². The van der Waals surface area contributed by atoms with Gasteiger partial charge in [-0.1, -0.05) is 24.3 Å². The van der Waals surface area contributed by atoms with Crippen molar-refractivity contribution in [2.24, 2.45) is 0 Å². The summed E-state index contributed by atoms with van der Waals surface area (Å²) in [6.45, 7) is 2.39. The highest BCUT2D eigenvalue weighted by Gasteiger charge is 2.17. The minimum atomic E-state index is -0.392. The molecular formula is C26H30FN5O2. The number of urea groups is 1. The second kappa shape index (κ2) is 11.3. The molecule has 7 nitrogen and oxygen atoms in total. The van der Waals surface area contributed by atoms with Crippen LogP contribution in [0.3, 0.4) is 0 Å². The molecule has 3 amide bonds. The monoisotopic (exact) mass is 463 g/mol. The lowest BCUT2D eigenvalue weighted by molar-refractivity contribution is 0.102. The molecule has 3 aromatic rings. The summed E-state index contributed by atoms with van der Waals surface area (Å²) in [6.07, 6.45) is 0.662. The summed E-state index contributed by atoms with van der Waals surface area (Å²) in [5, 5.41) is 8.54. The largest absolute Gasteiger partial charge is 0.397 e. The number of para-hydroxylation sites is 2. The highest BCUT2D eigenvalue weighted by molar-refractivity contribution is 6.05. The van der Waals surface area contributed by atoms with Gasteiger partial charge in [0.1, 0.15) is 5.82 Å².